The zero-order valence-corrected chi connectivity index (χ0v) is 17.9. The van der Waals surface area contributed by atoms with E-state index in [9.17, 15) is 14.4 Å². The molecule has 3 rings (SSSR count). The summed E-state index contributed by atoms with van der Waals surface area (Å²) in [6.45, 7) is 3.01. The normalized spacial score (nSPS) is 15.8. The highest BCUT2D eigenvalue weighted by Crippen LogP contribution is 2.25. The van der Waals surface area contributed by atoms with Crippen LogP contribution in [0.3, 0.4) is 0 Å². The molecule has 1 aliphatic rings. The molecule has 1 aliphatic heterocycles. The Morgan fingerprint density at radius 2 is 1.71 bits per heavy atom. The average molecular weight is 424 g/mol. The molecule has 1 fully saturated rings. The van der Waals surface area contributed by atoms with Crippen molar-refractivity contribution >= 4 is 17.6 Å². The lowest BCUT2D eigenvalue weighted by molar-refractivity contribution is -0.123. The van der Waals surface area contributed by atoms with Gasteiger partial charge >= 0.3 is 0 Å². The quantitative estimate of drug-likeness (QED) is 0.659. The number of ether oxygens (including phenoxy) is 2. The number of likely N-dealkylation sites (tertiary alicyclic amines) is 1. The molecule has 7 heteroatoms. The van der Waals surface area contributed by atoms with Crippen molar-refractivity contribution in [3.63, 3.8) is 0 Å². The van der Waals surface area contributed by atoms with Crippen molar-refractivity contribution in [2.45, 2.75) is 19.8 Å². The number of nitrogens with zero attached hydrogens (tertiary/aromatic N) is 1. The van der Waals surface area contributed by atoms with E-state index in [4.69, 9.17) is 9.47 Å². The standard InChI is InChI=1S/C24H28N2O5/c1-17(27)19-9-3-4-10-20(19)24(29)26-13-7-8-18(15-26)14-25-23(28)16-31-22-12-6-5-11-21(22)30-2/h3-6,9-12,18H,7-8,13-16H2,1-2H3,(H,25,28)/t18-/m0/s1. The van der Waals surface area contributed by atoms with Crippen LogP contribution < -0.4 is 14.8 Å². The zero-order chi connectivity index (χ0) is 22.2. The second-order valence-electron chi connectivity index (χ2n) is 7.60. The van der Waals surface area contributed by atoms with Crippen molar-refractivity contribution in [3.8, 4) is 11.5 Å². The van der Waals surface area contributed by atoms with E-state index in [1.165, 1.54) is 6.92 Å². The van der Waals surface area contributed by atoms with Crippen LogP contribution in [-0.4, -0.2) is 55.8 Å². The first-order valence-corrected chi connectivity index (χ1v) is 10.4. The summed E-state index contributed by atoms with van der Waals surface area (Å²) in [7, 11) is 1.55. The fourth-order valence-electron chi connectivity index (χ4n) is 3.75. The lowest BCUT2D eigenvalue weighted by Crippen LogP contribution is -2.44. The van der Waals surface area contributed by atoms with Crippen LogP contribution in [-0.2, 0) is 4.79 Å². The van der Waals surface area contributed by atoms with Crippen LogP contribution in [0, 0.1) is 5.92 Å². The van der Waals surface area contributed by atoms with Crippen molar-refractivity contribution in [2.24, 2.45) is 5.92 Å². The molecule has 2 amide bonds. The third-order valence-electron chi connectivity index (χ3n) is 5.36. The second kappa shape index (κ2) is 10.6. The maximum atomic E-state index is 13.0. The Morgan fingerprint density at radius 3 is 2.42 bits per heavy atom. The van der Waals surface area contributed by atoms with E-state index in [0.29, 0.717) is 42.3 Å². The molecule has 1 N–H and O–H groups in total. The number of rotatable bonds is 8. The van der Waals surface area contributed by atoms with Gasteiger partial charge in [-0.3, -0.25) is 14.4 Å². The van der Waals surface area contributed by atoms with Crippen molar-refractivity contribution in [3.05, 3.63) is 59.7 Å². The zero-order valence-electron chi connectivity index (χ0n) is 17.9. The van der Waals surface area contributed by atoms with Crippen molar-refractivity contribution in [1.82, 2.24) is 10.2 Å². The molecular formula is C24H28N2O5. The lowest BCUT2D eigenvalue weighted by atomic mass is 9.96. The Morgan fingerprint density at radius 1 is 1.03 bits per heavy atom. The van der Waals surface area contributed by atoms with Gasteiger partial charge in [-0.2, -0.15) is 0 Å². The predicted molar refractivity (Wildman–Crippen MR) is 117 cm³/mol. The summed E-state index contributed by atoms with van der Waals surface area (Å²) >= 11 is 0. The summed E-state index contributed by atoms with van der Waals surface area (Å²) in [5, 5.41) is 2.89. The van der Waals surface area contributed by atoms with E-state index in [-0.39, 0.29) is 30.1 Å². The topological polar surface area (TPSA) is 84.9 Å². The minimum atomic E-state index is -0.226. The highest BCUT2D eigenvalue weighted by Gasteiger charge is 2.26. The van der Waals surface area contributed by atoms with Gasteiger partial charge in [0.2, 0.25) is 0 Å². The molecule has 31 heavy (non-hydrogen) atoms. The third kappa shape index (κ3) is 5.84. The largest absolute Gasteiger partial charge is 0.493 e. The number of benzene rings is 2. The van der Waals surface area contributed by atoms with Gasteiger partial charge in [-0.25, -0.2) is 0 Å². The van der Waals surface area contributed by atoms with Gasteiger partial charge in [-0.1, -0.05) is 30.3 Å². The Bertz CT molecular complexity index is 943. The summed E-state index contributed by atoms with van der Waals surface area (Å²) in [4.78, 5) is 38.8. The molecule has 0 spiro atoms. The summed E-state index contributed by atoms with van der Waals surface area (Å²) in [5.41, 5.74) is 0.876. The van der Waals surface area contributed by atoms with Gasteiger partial charge in [-0.05, 0) is 43.9 Å². The van der Waals surface area contributed by atoms with Gasteiger partial charge in [0.1, 0.15) is 0 Å². The Kier molecular flexibility index (Phi) is 7.65. The number of amides is 2. The molecule has 1 heterocycles. The average Bonchev–Trinajstić information content (AvgIpc) is 2.81. The first kappa shape index (κ1) is 22.3. The number of nitrogens with one attached hydrogen (secondary N) is 1. The van der Waals surface area contributed by atoms with Crippen LogP contribution in [0.4, 0.5) is 0 Å². The fourth-order valence-corrected chi connectivity index (χ4v) is 3.75. The number of Topliss-reactive ketones (excluding diaryl/α,β-unsaturated/α-hetero) is 1. The van der Waals surface area contributed by atoms with Crippen LogP contribution in [0.5, 0.6) is 11.5 Å². The van der Waals surface area contributed by atoms with Crippen LogP contribution in [0.25, 0.3) is 0 Å². The summed E-state index contributed by atoms with van der Waals surface area (Å²) in [6, 6.07) is 14.1. The van der Waals surface area contributed by atoms with E-state index in [0.717, 1.165) is 12.8 Å². The molecule has 1 atom stereocenters. The number of carbonyl (C=O) groups is 3. The van der Waals surface area contributed by atoms with Crippen LogP contribution in [0.15, 0.2) is 48.5 Å². The van der Waals surface area contributed by atoms with Gasteiger partial charge in [0.25, 0.3) is 11.8 Å². The summed E-state index contributed by atoms with van der Waals surface area (Å²) < 4.78 is 10.8. The second-order valence-corrected chi connectivity index (χ2v) is 7.60. The minimum absolute atomic E-state index is 0.109. The molecule has 0 saturated carbocycles. The van der Waals surface area contributed by atoms with Gasteiger partial charge in [0, 0.05) is 25.2 Å². The van der Waals surface area contributed by atoms with Crippen LogP contribution in [0.2, 0.25) is 0 Å². The van der Waals surface area contributed by atoms with E-state index in [1.54, 1.807) is 48.4 Å². The monoisotopic (exact) mass is 424 g/mol. The van der Waals surface area contributed by atoms with E-state index < -0.39 is 0 Å². The molecule has 0 unspecified atom stereocenters. The summed E-state index contributed by atoms with van der Waals surface area (Å²) in [5.74, 6) is 0.746. The molecule has 0 aromatic heterocycles. The number of carbonyl (C=O) groups excluding carboxylic acids is 3. The number of hydrogen-bond acceptors (Lipinski definition) is 5. The summed E-state index contributed by atoms with van der Waals surface area (Å²) in [6.07, 6.45) is 1.78. The van der Waals surface area contributed by atoms with E-state index in [2.05, 4.69) is 5.32 Å². The Labute approximate surface area is 182 Å². The van der Waals surface area contributed by atoms with E-state index in [1.807, 2.05) is 12.1 Å². The SMILES string of the molecule is COc1ccccc1OCC(=O)NC[C@@H]1CCCN(C(=O)c2ccccc2C(C)=O)C1. The Hall–Kier alpha value is -3.35. The van der Waals surface area contributed by atoms with Crippen molar-refractivity contribution < 1.29 is 23.9 Å². The molecule has 7 nitrogen and oxygen atoms in total. The van der Waals surface area contributed by atoms with E-state index >= 15 is 0 Å². The van der Waals surface area contributed by atoms with Crippen LogP contribution >= 0.6 is 0 Å². The minimum Gasteiger partial charge on any atom is -0.493 e. The Balaban J connectivity index is 1.51. The first-order chi connectivity index (χ1) is 15.0. The molecule has 0 aliphatic carbocycles. The molecule has 0 bridgehead atoms. The highest BCUT2D eigenvalue weighted by molar-refractivity contribution is 6.07. The molecular weight excluding hydrogens is 396 g/mol. The number of piperidine rings is 1. The van der Waals surface area contributed by atoms with Crippen molar-refractivity contribution in [2.75, 3.05) is 33.4 Å². The number of hydrogen-bond donors (Lipinski definition) is 1. The third-order valence-corrected chi connectivity index (χ3v) is 5.36. The molecule has 0 radical (unpaired) electrons. The van der Waals surface area contributed by atoms with Crippen molar-refractivity contribution in [1.29, 1.82) is 0 Å². The smallest absolute Gasteiger partial charge is 0.257 e. The van der Waals surface area contributed by atoms with Gasteiger partial charge in [0.15, 0.2) is 23.9 Å². The lowest BCUT2D eigenvalue weighted by Gasteiger charge is -2.33. The van der Waals surface area contributed by atoms with Gasteiger partial charge < -0.3 is 19.7 Å². The molecule has 2 aromatic rings. The van der Waals surface area contributed by atoms with Gasteiger partial charge in [-0.15, -0.1) is 0 Å². The number of ketones is 1. The maximum Gasteiger partial charge on any atom is 0.257 e. The molecule has 2 aromatic carbocycles. The molecule has 164 valence electrons. The molecule has 1 saturated heterocycles. The maximum absolute atomic E-state index is 13.0. The highest BCUT2D eigenvalue weighted by atomic mass is 16.5. The predicted octanol–water partition coefficient (Wildman–Crippen LogP) is 2.95. The first-order valence-electron chi connectivity index (χ1n) is 10.4. The number of para-hydroxylation sites is 2. The fraction of sp³-hybridized carbons (Fsp3) is 0.375. The van der Waals surface area contributed by atoms with Crippen LogP contribution in [0.1, 0.15) is 40.5 Å². The number of methoxy groups -OCH3 is 1. The van der Waals surface area contributed by atoms with Gasteiger partial charge in [0.05, 0.1) is 12.7 Å².